The molecular weight excluding hydrogens is 725 g/mol. The van der Waals surface area contributed by atoms with E-state index < -0.39 is 5.41 Å². The second kappa shape index (κ2) is 12.8. The molecular formula is C53H32N4S. The van der Waals surface area contributed by atoms with Gasteiger partial charge in [0.2, 0.25) is 0 Å². The van der Waals surface area contributed by atoms with Crippen LogP contribution >= 0.6 is 11.3 Å². The highest BCUT2D eigenvalue weighted by Crippen LogP contribution is 2.61. The summed E-state index contributed by atoms with van der Waals surface area (Å²) >= 11 is 1.88. The van der Waals surface area contributed by atoms with Crippen LogP contribution in [-0.4, -0.2) is 19.9 Å². The number of hydrogen-bond donors (Lipinski definition) is 0. The van der Waals surface area contributed by atoms with Crippen molar-refractivity contribution in [2.75, 3.05) is 0 Å². The van der Waals surface area contributed by atoms with E-state index in [1.807, 2.05) is 60.1 Å². The summed E-state index contributed by atoms with van der Waals surface area (Å²) in [6.45, 7) is 0. The lowest BCUT2D eigenvalue weighted by atomic mass is 9.65. The summed E-state index contributed by atoms with van der Waals surface area (Å²) < 4.78 is 2.62. The molecule has 1 atom stereocenters. The van der Waals surface area contributed by atoms with Crippen molar-refractivity contribution >= 4 is 43.7 Å². The largest absolute Gasteiger partial charge is 0.264 e. The lowest BCUT2D eigenvalue weighted by molar-refractivity contribution is 0.767. The topological polar surface area (TPSA) is 51.6 Å². The second-order valence-electron chi connectivity index (χ2n) is 15.0. The Hall–Kier alpha value is -7.34. The van der Waals surface area contributed by atoms with Gasteiger partial charge in [0, 0.05) is 61.0 Å². The summed E-state index contributed by atoms with van der Waals surface area (Å²) in [4.78, 5) is 19.6. The Morgan fingerprint density at radius 2 is 1.17 bits per heavy atom. The minimum Gasteiger partial charge on any atom is -0.264 e. The number of thiophene rings is 1. The first-order valence-corrected chi connectivity index (χ1v) is 20.3. The van der Waals surface area contributed by atoms with Crippen molar-refractivity contribution in [1.82, 2.24) is 19.9 Å². The minimum absolute atomic E-state index is 0.585. The van der Waals surface area contributed by atoms with Gasteiger partial charge in [0.25, 0.3) is 0 Å². The van der Waals surface area contributed by atoms with Gasteiger partial charge in [0.05, 0.1) is 22.5 Å². The van der Waals surface area contributed by atoms with E-state index in [9.17, 15) is 0 Å². The highest BCUT2D eigenvalue weighted by Gasteiger charge is 2.49. The zero-order valence-electron chi connectivity index (χ0n) is 31.2. The molecule has 0 aliphatic heterocycles. The summed E-state index contributed by atoms with van der Waals surface area (Å²) in [6, 6.07) is 59.0. The maximum atomic E-state index is 5.30. The Balaban J connectivity index is 1.12. The van der Waals surface area contributed by atoms with Gasteiger partial charge in [-0.2, -0.15) is 0 Å². The van der Waals surface area contributed by atoms with E-state index in [-0.39, 0.29) is 0 Å². The third-order valence-electron chi connectivity index (χ3n) is 11.9. The average Bonchev–Trinajstić information content (AvgIpc) is 3.77. The highest BCUT2D eigenvalue weighted by atomic mass is 32.1. The molecule has 58 heavy (non-hydrogen) atoms. The van der Waals surface area contributed by atoms with Gasteiger partial charge in [-0.25, -0.2) is 9.97 Å². The quantitative estimate of drug-likeness (QED) is 0.179. The first kappa shape index (κ1) is 32.9. The number of nitrogens with zero attached hydrogens (tertiary/aromatic N) is 4. The van der Waals surface area contributed by atoms with Crippen LogP contribution in [0.2, 0.25) is 0 Å². The molecule has 12 rings (SSSR count). The van der Waals surface area contributed by atoms with Crippen molar-refractivity contribution in [3.8, 4) is 56.3 Å². The van der Waals surface area contributed by atoms with Crippen molar-refractivity contribution < 1.29 is 0 Å². The molecule has 0 fully saturated rings. The molecule has 10 aromatic rings. The molecule has 5 heteroatoms. The van der Waals surface area contributed by atoms with Gasteiger partial charge in [0.1, 0.15) is 0 Å². The predicted octanol–water partition coefficient (Wildman–Crippen LogP) is 13.1. The number of hydrogen-bond acceptors (Lipinski definition) is 5. The third kappa shape index (κ3) is 4.87. The summed E-state index contributed by atoms with van der Waals surface area (Å²) in [5, 5.41) is 2.65. The standard InChI is InChI=1S/C53H32N4S/c1-2-12-35(13-3-1)52-56-46(30-47(57-52)38-24-26-45(55-32-38)37-14-10-28-54-31-37)36-23-22-34-21-20-33-11-4-7-17-41(33)53(44(34)29-36)42-18-8-5-15-39(42)50-43(53)25-27-49-51(50)40-16-6-9-19-48(40)58-49/h1-32H. The molecule has 0 bridgehead atoms. The van der Waals surface area contributed by atoms with E-state index >= 15 is 0 Å². The fourth-order valence-electron chi connectivity index (χ4n) is 9.35. The summed E-state index contributed by atoms with van der Waals surface area (Å²) in [5.74, 6) is 0.669. The first-order valence-electron chi connectivity index (χ1n) is 19.5. The van der Waals surface area contributed by atoms with Crippen LogP contribution in [0.25, 0.3) is 88.6 Å². The first-order chi connectivity index (χ1) is 28.7. The van der Waals surface area contributed by atoms with Crippen molar-refractivity contribution in [3.63, 3.8) is 0 Å². The van der Waals surface area contributed by atoms with E-state index in [0.717, 1.165) is 39.3 Å². The summed E-state index contributed by atoms with van der Waals surface area (Å²) in [5.41, 5.74) is 16.0. The zero-order valence-corrected chi connectivity index (χ0v) is 32.0. The van der Waals surface area contributed by atoms with E-state index in [1.54, 1.807) is 6.20 Å². The van der Waals surface area contributed by atoms with Gasteiger partial charge in [-0.1, -0.05) is 127 Å². The van der Waals surface area contributed by atoms with E-state index in [1.165, 1.54) is 64.7 Å². The van der Waals surface area contributed by atoms with E-state index in [2.05, 4.69) is 145 Å². The highest BCUT2D eigenvalue weighted by molar-refractivity contribution is 7.26. The molecule has 0 radical (unpaired) electrons. The van der Waals surface area contributed by atoms with Gasteiger partial charge in [0.15, 0.2) is 5.82 Å². The minimum atomic E-state index is -0.585. The zero-order chi connectivity index (χ0) is 38.2. The molecule has 0 amide bonds. The molecule has 1 spiro atoms. The van der Waals surface area contributed by atoms with Crippen molar-refractivity contribution in [2.45, 2.75) is 5.41 Å². The molecule has 4 heterocycles. The van der Waals surface area contributed by atoms with Gasteiger partial charge >= 0.3 is 0 Å². The molecule has 0 saturated carbocycles. The molecule has 1 unspecified atom stereocenters. The molecule has 270 valence electrons. The Bertz CT molecular complexity index is 3280. The SMILES string of the molecule is C1=Cc2ccc(-c3cc(-c4ccc(-c5cccnc5)nc4)nc(-c4ccccc4)n3)cc2C2(c3ccccc31)c1ccccc1-c1c2ccc2sc3ccccc3c12. The van der Waals surface area contributed by atoms with E-state index in [4.69, 9.17) is 15.0 Å². The molecule has 0 saturated heterocycles. The van der Waals surface area contributed by atoms with Crippen molar-refractivity contribution in [2.24, 2.45) is 0 Å². The van der Waals surface area contributed by atoms with Crippen molar-refractivity contribution in [3.05, 3.63) is 216 Å². The van der Waals surface area contributed by atoms with Crippen LogP contribution in [0.3, 0.4) is 0 Å². The Morgan fingerprint density at radius 3 is 2.02 bits per heavy atom. The van der Waals surface area contributed by atoms with Crippen LogP contribution in [-0.2, 0) is 5.41 Å². The molecule has 6 aromatic carbocycles. The number of benzene rings is 6. The Labute approximate surface area is 339 Å². The molecule has 4 nitrogen and oxygen atoms in total. The van der Waals surface area contributed by atoms with Crippen molar-refractivity contribution in [1.29, 1.82) is 0 Å². The third-order valence-corrected chi connectivity index (χ3v) is 13.0. The molecule has 2 aliphatic rings. The van der Waals surface area contributed by atoms with Gasteiger partial charge in [-0.15, -0.1) is 11.3 Å². The summed E-state index contributed by atoms with van der Waals surface area (Å²) in [7, 11) is 0. The fraction of sp³-hybridized carbons (Fsp3) is 0.0189. The lowest BCUT2D eigenvalue weighted by Gasteiger charge is -2.35. The normalized spacial score (nSPS) is 14.9. The predicted molar refractivity (Wildman–Crippen MR) is 238 cm³/mol. The van der Waals surface area contributed by atoms with Gasteiger partial charge in [-0.3, -0.25) is 9.97 Å². The fourth-order valence-corrected chi connectivity index (χ4v) is 10.5. The van der Waals surface area contributed by atoms with E-state index in [0.29, 0.717) is 5.82 Å². The van der Waals surface area contributed by atoms with Crippen LogP contribution in [0, 0.1) is 0 Å². The number of aromatic nitrogens is 4. The maximum Gasteiger partial charge on any atom is 0.160 e. The lowest BCUT2D eigenvalue weighted by Crippen LogP contribution is -2.30. The van der Waals surface area contributed by atoms with Gasteiger partial charge < -0.3 is 0 Å². The molecule has 4 aromatic heterocycles. The van der Waals surface area contributed by atoms with Crippen LogP contribution in [0.4, 0.5) is 0 Å². The number of fused-ring (bicyclic) bond motifs is 13. The number of rotatable bonds is 4. The average molecular weight is 757 g/mol. The summed E-state index contributed by atoms with van der Waals surface area (Å²) in [6.07, 6.45) is 10.1. The van der Waals surface area contributed by atoms with Crippen LogP contribution < -0.4 is 0 Å². The van der Waals surface area contributed by atoms with Crippen LogP contribution in [0.1, 0.15) is 33.4 Å². The number of pyridine rings is 2. The van der Waals surface area contributed by atoms with Crippen LogP contribution in [0.5, 0.6) is 0 Å². The maximum absolute atomic E-state index is 5.30. The molecule has 2 aliphatic carbocycles. The van der Waals surface area contributed by atoms with Crippen LogP contribution in [0.15, 0.2) is 182 Å². The molecule has 0 N–H and O–H groups in total. The Kier molecular flexibility index (Phi) is 7.28. The monoisotopic (exact) mass is 756 g/mol. The smallest absolute Gasteiger partial charge is 0.160 e. The second-order valence-corrected chi connectivity index (χ2v) is 16.1. The Morgan fingerprint density at radius 1 is 0.448 bits per heavy atom. The van der Waals surface area contributed by atoms with Gasteiger partial charge in [-0.05, 0) is 93.0 Å².